The number of fused-ring (bicyclic) bond motifs is 1. The van der Waals surface area contributed by atoms with Crippen molar-refractivity contribution >= 4 is 11.3 Å². The number of nitrogens with zero attached hydrogens (tertiary/aromatic N) is 2. The molecule has 2 unspecified atom stereocenters. The fraction of sp³-hybridized carbons (Fsp3) is 0.765. The van der Waals surface area contributed by atoms with Crippen LogP contribution in [-0.2, 0) is 6.54 Å². The molecule has 2 aliphatic rings. The largest absolute Gasteiger partial charge is 0.298 e. The van der Waals surface area contributed by atoms with Crippen LogP contribution in [0.15, 0.2) is 12.1 Å². The zero-order chi connectivity index (χ0) is 14.1. The fourth-order valence-electron chi connectivity index (χ4n) is 3.85. The molecule has 2 aliphatic heterocycles. The number of thiophene rings is 1. The van der Waals surface area contributed by atoms with Crippen LogP contribution < -0.4 is 0 Å². The minimum absolute atomic E-state index is 0.728. The predicted molar refractivity (Wildman–Crippen MR) is 87.3 cm³/mol. The van der Waals surface area contributed by atoms with Gasteiger partial charge in [0.05, 0.1) is 0 Å². The summed E-state index contributed by atoms with van der Waals surface area (Å²) >= 11 is 1.97. The normalized spacial score (nSPS) is 28.8. The molecule has 0 spiro atoms. The highest BCUT2D eigenvalue weighted by molar-refractivity contribution is 7.11. The predicted octanol–water partition coefficient (Wildman–Crippen LogP) is 3.75. The van der Waals surface area contributed by atoms with Gasteiger partial charge in [-0.1, -0.05) is 20.3 Å². The molecule has 112 valence electrons. The summed E-state index contributed by atoms with van der Waals surface area (Å²) in [6, 6.07) is 6.14. The van der Waals surface area contributed by atoms with Crippen molar-refractivity contribution in [3.63, 3.8) is 0 Å². The van der Waals surface area contributed by atoms with Crippen LogP contribution in [0, 0.1) is 12.8 Å². The topological polar surface area (TPSA) is 6.48 Å². The van der Waals surface area contributed by atoms with Gasteiger partial charge in [0.15, 0.2) is 0 Å². The van der Waals surface area contributed by atoms with Crippen molar-refractivity contribution in [2.24, 2.45) is 5.92 Å². The lowest BCUT2D eigenvalue weighted by atomic mass is 9.92. The highest BCUT2D eigenvalue weighted by Gasteiger charge is 2.36. The molecule has 1 aromatic heterocycles. The number of rotatable bonds is 3. The molecule has 2 nitrogen and oxygen atoms in total. The molecule has 0 saturated carbocycles. The van der Waals surface area contributed by atoms with Gasteiger partial charge in [0.2, 0.25) is 0 Å². The molecule has 3 rings (SSSR count). The van der Waals surface area contributed by atoms with Crippen molar-refractivity contribution in [3.05, 3.63) is 21.9 Å². The van der Waals surface area contributed by atoms with Gasteiger partial charge >= 0.3 is 0 Å². The van der Waals surface area contributed by atoms with E-state index in [0.29, 0.717) is 0 Å². The Kier molecular flexibility index (Phi) is 4.49. The van der Waals surface area contributed by atoms with Crippen LogP contribution in [0.2, 0.25) is 0 Å². The van der Waals surface area contributed by atoms with Crippen molar-refractivity contribution in [2.45, 2.75) is 58.7 Å². The third-order valence-electron chi connectivity index (χ3n) is 5.01. The molecular weight excluding hydrogens is 264 g/mol. The van der Waals surface area contributed by atoms with Gasteiger partial charge in [-0.15, -0.1) is 11.3 Å². The van der Waals surface area contributed by atoms with E-state index >= 15 is 0 Å². The minimum Gasteiger partial charge on any atom is -0.298 e. The van der Waals surface area contributed by atoms with E-state index in [1.807, 2.05) is 11.3 Å². The Morgan fingerprint density at radius 1 is 1.25 bits per heavy atom. The summed E-state index contributed by atoms with van der Waals surface area (Å²) in [6.07, 6.45) is 4.25. The van der Waals surface area contributed by atoms with Gasteiger partial charge in [-0.3, -0.25) is 9.80 Å². The maximum Gasteiger partial charge on any atom is 0.0332 e. The first-order valence-corrected chi connectivity index (χ1v) is 8.98. The second-order valence-corrected chi connectivity index (χ2v) is 8.27. The Labute approximate surface area is 127 Å². The summed E-state index contributed by atoms with van der Waals surface area (Å²) in [4.78, 5) is 8.52. The highest BCUT2D eigenvalue weighted by atomic mass is 32.1. The van der Waals surface area contributed by atoms with E-state index in [-0.39, 0.29) is 0 Å². The van der Waals surface area contributed by atoms with Crippen LogP contribution in [-0.4, -0.2) is 41.5 Å². The van der Waals surface area contributed by atoms with Crippen LogP contribution in [0.25, 0.3) is 0 Å². The summed E-state index contributed by atoms with van der Waals surface area (Å²) in [7, 11) is 0. The summed E-state index contributed by atoms with van der Waals surface area (Å²) in [5.74, 6) is 0.749. The van der Waals surface area contributed by atoms with Crippen molar-refractivity contribution < 1.29 is 0 Å². The standard InChI is InChI=1S/C17H28N2S/c1-13(2)17-12-18-9-5-4-6-15(18)10-19(17)11-16-8-7-14(3)20-16/h7-8,13,15,17H,4-6,9-12H2,1-3H3. The summed E-state index contributed by atoms with van der Waals surface area (Å²) in [5, 5.41) is 0. The molecule has 0 radical (unpaired) electrons. The third-order valence-corrected chi connectivity index (χ3v) is 5.99. The zero-order valence-electron chi connectivity index (χ0n) is 13.1. The number of hydrogen-bond acceptors (Lipinski definition) is 3. The van der Waals surface area contributed by atoms with Crippen molar-refractivity contribution in [2.75, 3.05) is 19.6 Å². The first-order valence-electron chi connectivity index (χ1n) is 8.17. The monoisotopic (exact) mass is 292 g/mol. The van der Waals surface area contributed by atoms with Crippen LogP contribution >= 0.6 is 11.3 Å². The Hall–Kier alpha value is -0.380. The lowest BCUT2D eigenvalue weighted by Gasteiger charge is -2.49. The van der Waals surface area contributed by atoms with Gasteiger partial charge in [0.25, 0.3) is 0 Å². The maximum atomic E-state index is 2.77. The number of aryl methyl sites for hydroxylation is 1. The van der Waals surface area contributed by atoms with Gasteiger partial charge < -0.3 is 0 Å². The average Bonchev–Trinajstić information content (AvgIpc) is 2.83. The molecule has 2 saturated heterocycles. The smallest absolute Gasteiger partial charge is 0.0332 e. The van der Waals surface area contributed by atoms with Gasteiger partial charge in [-0.2, -0.15) is 0 Å². The Morgan fingerprint density at radius 3 is 2.80 bits per heavy atom. The summed E-state index contributed by atoms with van der Waals surface area (Å²) in [5.41, 5.74) is 0. The van der Waals surface area contributed by atoms with Crippen molar-refractivity contribution in [1.29, 1.82) is 0 Å². The van der Waals surface area contributed by atoms with Crippen molar-refractivity contribution in [3.8, 4) is 0 Å². The molecule has 0 amide bonds. The number of piperidine rings is 1. The van der Waals surface area contributed by atoms with Crippen molar-refractivity contribution in [1.82, 2.24) is 9.80 Å². The third kappa shape index (κ3) is 3.10. The van der Waals surface area contributed by atoms with Crippen LogP contribution in [0.3, 0.4) is 0 Å². The Balaban J connectivity index is 1.72. The fourth-order valence-corrected chi connectivity index (χ4v) is 4.77. The second kappa shape index (κ2) is 6.17. The average molecular weight is 292 g/mol. The summed E-state index contributed by atoms with van der Waals surface area (Å²) < 4.78 is 0. The number of hydrogen-bond donors (Lipinski definition) is 0. The Bertz CT molecular complexity index is 440. The van der Waals surface area contributed by atoms with Gasteiger partial charge in [-0.25, -0.2) is 0 Å². The van der Waals surface area contributed by atoms with E-state index in [1.54, 1.807) is 0 Å². The molecular formula is C17H28N2S. The molecule has 0 aromatic carbocycles. The van der Waals surface area contributed by atoms with Gasteiger partial charge in [-0.05, 0) is 44.4 Å². The molecule has 3 heteroatoms. The van der Waals surface area contributed by atoms with Crippen LogP contribution in [0.5, 0.6) is 0 Å². The molecule has 20 heavy (non-hydrogen) atoms. The molecule has 3 heterocycles. The van der Waals surface area contributed by atoms with E-state index in [1.165, 1.54) is 48.7 Å². The first-order chi connectivity index (χ1) is 9.63. The van der Waals surface area contributed by atoms with E-state index < -0.39 is 0 Å². The number of piperazine rings is 1. The highest BCUT2D eigenvalue weighted by Crippen LogP contribution is 2.29. The molecule has 0 bridgehead atoms. The molecule has 1 aromatic rings. The van der Waals surface area contributed by atoms with Crippen LogP contribution in [0.1, 0.15) is 42.9 Å². The maximum absolute atomic E-state index is 2.77. The van der Waals surface area contributed by atoms with E-state index in [0.717, 1.165) is 24.5 Å². The molecule has 2 fully saturated rings. The molecule has 0 N–H and O–H groups in total. The lowest BCUT2D eigenvalue weighted by molar-refractivity contribution is -0.0113. The molecule has 2 atom stereocenters. The second-order valence-electron chi connectivity index (χ2n) is 6.90. The van der Waals surface area contributed by atoms with Crippen LogP contribution in [0.4, 0.5) is 0 Å². The van der Waals surface area contributed by atoms with E-state index in [9.17, 15) is 0 Å². The quantitative estimate of drug-likeness (QED) is 0.837. The minimum atomic E-state index is 0.728. The van der Waals surface area contributed by atoms with Gasteiger partial charge in [0.1, 0.15) is 0 Å². The first kappa shape index (κ1) is 14.6. The SMILES string of the molecule is Cc1ccc(CN2CC3CCCCN3CC2C(C)C)s1. The molecule has 0 aliphatic carbocycles. The lowest BCUT2D eigenvalue weighted by Crippen LogP contribution is -2.60. The van der Waals surface area contributed by atoms with E-state index in [2.05, 4.69) is 42.7 Å². The zero-order valence-corrected chi connectivity index (χ0v) is 14.0. The Morgan fingerprint density at radius 2 is 2.10 bits per heavy atom. The summed E-state index contributed by atoms with van der Waals surface area (Å²) in [6.45, 7) is 12.1. The van der Waals surface area contributed by atoms with E-state index in [4.69, 9.17) is 0 Å². The van der Waals surface area contributed by atoms with Gasteiger partial charge in [0, 0.05) is 41.5 Å².